The van der Waals surface area contributed by atoms with Gasteiger partial charge in [0.15, 0.2) is 0 Å². The summed E-state index contributed by atoms with van der Waals surface area (Å²) in [5.74, 6) is 0.0233. The number of hydrogen-bond acceptors (Lipinski definition) is 1. The maximum absolute atomic E-state index is 11.9. The van der Waals surface area contributed by atoms with E-state index >= 15 is 0 Å². The first-order chi connectivity index (χ1) is 11.6. The number of carbonyl (C=O) groups is 1. The summed E-state index contributed by atoms with van der Waals surface area (Å²) in [5.41, 5.74) is 0.633. The number of nitrogens with one attached hydrogen (secondary N) is 1. The van der Waals surface area contributed by atoms with Gasteiger partial charge in [0.1, 0.15) is 0 Å². The Balaban J connectivity index is 1.98. The van der Waals surface area contributed by atoms with Crippen molar-refractivity contribution in [2.75, 3.05) is 5.32 Å². The van der Waals surface area contributed by atoms with Gasteiger partial charge >= 0.3 is 0 Å². The van der Waals surface area contributed by atoms with Crippen molar-refractivity contribution in [1.82, 2.24) is 0 Å². The third kappa shape index (κ3) is 10.2. The van der Waals surface area contributed by atoms with Crippen molar-refractivity contribution in [3.63, 3.8) is 0 Å². The fraction of sp³-hybridized carbons (Fsp3) is 0.650. The van der Waals surface area contributed by atoms with Crippen LogP contribution in [0.1, 0.15) is 84.0 Å². The Morgan fingerprint density at radius 1 is 0.875 bits per heavy atom. The number of rotatable bonds is 13. The maximum Gasteiger partial charge on any atom is 0.224 e. The van der Waals surface area contributed by atoms with Crippen LogP contribution in [0.2, 0.25) is 10.0 Å². The molecular weight excluding hydrogens is 341 g/mol. The lowest BCUT2D eigenvalue weighted by molar-refractivity contribution is -0.116. The largest absolute Gasteiger partial charge is 0.325 e. The van der Waals surface area contributed by atoms with Crippen LogP contribution in [0.15, 0.2) is 18.2 Å². The molecule has 0 saturated heterocycles. The van der Waals surface area contributed by atoms with E-state index in [0.29, 0.717) is 22.2 Å². The van der Waals surface area contributed by atoms with Crippen LogP contribution >= 0.6 is 23.2 Å². The van der Waals surface area contributed by atoms with Gasteiger partial charge in [0.05, 0.1) is 10.7 Å². The highest BCUT2D eigenvalue weighted by molar-refractivity contribution is 6.36. The van der Waals surface area contributed by atoms with E-state index in [9.17, 15) is 4.79 Å². The van der Waals surface area contributed by atoms with Gasteiger partial charge in [-0.2, -0.15) is 0 Å². The summed E-state index contributed by atoms with van der Waals surface area (Å²) in [5, 5.41) is 3.90. The van der Waals surface area contributed by atoms with Gasteiger partial charge in [-0.15, -0.1) is 0 Å². The third-order valence-electron chi connectivity index (χ3n) is 4.21. The third-order valence-corrected chi connectivity index (χ3v) is 4.76. The van der Waals surface area contributed by atoms with Crippen molar-refractivity contribution in [3.8, 4) is 0 Å². The van der Waals surface area contributed by atoms with Crippen LogP contribution in [0.4, 0.5) is 5.69 Å². The van der Waals surface area contributed by atoms with E-state index in [0.717, 1.165) is 12.8 Å². The number of hydrogen-bond donors (Lipinski definition) is 1. The Morgan fingerprint density at radius 2 is 1.42 bits per heavy atom. The number of unbranched alkanes of at least 4 members (excludes halogenated alkanes) is 10. The Morgan fingerprint density at radius 3 is 1.96 bits per heavy atom. The fourth-order valence-corrected chi connectivity index (χ4v) is 3.21. The number of halogens is 2. The van der Waals surface area contributed by atoms with E-state index in [2.05, 4.69) is 12.2 Å². The molecule has 0 heterocycles. The molecule has 1 aromatic carbocycles. The molecule has 1 rings (SSSR count). The van der Waals surface area contributed by atoms with Gasteiger partial charge in [0.25, 0.3) is 0 Å². The van der Waals surface area contributed by atoms with Crippen LogP contribution in [0, 0.1) is 0 Å². The van der Waals surface area contributed by atoms with Crippen molar-refractivity contribution >= 4 is 34.8 Å². The van der Waals surface area contributed by atoms with Gasteiger partial charge in [-0.3, -0.25) is 4.79 Å². The first-order valence-corrected chi connectivity index (χ1v) is 10.1. The molecule has 0 aliphatic rings. The molecular formula is C20H31Cl2NO. The summed E-state index contributed by atoms with van der Waals surface area (Å²) in [6, 6.07) is 5.11. The predicted molar refractivity (Wildman–Crippen MR) is 106 cm³/mol. The molecule has 2 nitrogen and oxygen atoms in total. The number of benzene rings is 1. The quantitative estimate of drug-likeness (QED) is 0.354. The lowest BCUT2D eigenvalue weighted by atomic mass is 10.1. The SMILES string of the molecule is CCCCCCCCCCCCCC(=O)Nc1ccc(Cl)cc1Cl. The first kappa shape index (κ1) is 21.3. The van der Waals surface area contributed by atoms with Crippen molar-refractivity contribution < 1.29 is 4.79 Å². The molecule has 0 unspecified atom stereocenters. The predicted octanol–water partition coefficient (Wildman–Crippen LogP) is 7.63. The van der Waals surface area contributed by atoms with Crippen LogP contribution < -0.4 is 5.32 Å². The molecule has 0 radical (unpaired) electrons. The minimum Gasteiger partial charge on any atom is -0.325 e. The first-order valence-electron chi connectivity index (χ1n) is 9.38. The van der Waals surface area contributed by atoms with Gasteiger partial charge in [-0.1, -0.05) is 94.3 Å². The van der Waals surface area contributed by atoms with Crippen molar-refractivity contribution in [2.24, 2.45) is 0 Å². The second-order valence-electron chi connectivity index (χ2n) is 6.46. The van der Waals surface area contributed by atoms with Crippen LogP contribution in [0.5, 0.6) is 0 Å². The fourth-order valence-electron chi connectivity index (χ4n) is 2.75. The molecule has 0 spiro atoms. The molecule has 0 aliphatic heterocycles. The van der Waals surface area contributed by atoms with Crippen molar-refractivity contribution in [2.45, 2.75) is 84.0 Å². The van der Waals surface area contributed by atoms with Crippen molar-refractivity contribution in [3.05, 3.63) is 28.2 Å². The summed E-state index contributed by atoms with van der Waals surface area (Å²) in [4.78, 5) is 11.9. The van der Waals surface area contributed by atoms with E-state index in [1.54, 1.807) is 18.2 Å². The Kier molecular flexibility index (Phi) is 12.0. The van der Waals surface area contributed by atoms with E-state index in [1.807, 2.05) is 0 Å². The zero-order valence-electron chi connectivity index (χ0n) is 14.9. The molecule has 1 aromatic rings. The van der Waals surface area contributed by atoms with Gasteiger partial charge in [0, 0.05) is 11.4 Å². The number of anilines is 1. The summed E-state index contributed by atoms with van der Waals surface area (Å²) in [6.07, 6.45) is 14.7. The molecule has 1 N–H and O–H groups in total. The Bertz CT molecular complexity index is 477. The molecule has 136 valence electrons. The second kappa shape index (κ2) is 13.5. The van der Waals surface area contributed by atoms with Crippen LogP contribution in [0.3, 0.4) is 0 Å². The van der Waals surface area contributed by atoms with Gasteiger partial charge in [-0.25, -0.2) is 0 Å². The standard InChI is InChI=1S/C20H31Cl2NO/c1-2-3-4-5-6-7-8-9-10-11-12-13-20(24)23-19-15-14-17(21)16-18(19)22/h14-16H,2-13H2,1H3,(H,23,24). The normalized spacial score (nSPS) is 10.8. The average molecular weight is 372 g/mol. The van der Waals surface area contributed by atoms with Crippen molar-refractivity contribution in [1.29, 1.82) is 0 Å². The Labute approximate surface area is 157 Å². The zero-order valence-corrected chi connectivity index (χ0v) is 16.4. The number of carbonyl (C=O) groups excluding carboxylic acids is 1. The highest BCUT2D eigenvalue weighted by Crippen LogP contribution is 2.25. The summed E-state index contributed by atoms with van der Waals surface area (Å²) < 4.78 is 0. The molecule has 0 fully saturated rings. The molecule has 0 atom stereocenters. The summed E-state index contributed by atoms with van der Waals surface area (Å²) >= 11 is 11.9. The van der Waals surface area contributed by atoms with Crippen LogP contribution in [-0.4, -0.2) is 5.91 Å². The zero-order chi connectivity index (χ0) is 17.6. The summed E-state index contributed by atoms with van der Waals surface area (Å²) in [6.45, 7) is 2.25. The number of amides is 1. The maximum atomic E-state index is 11.9. The van der Waals surface area contributed by atoms with Gasteiger partial charge < -0.3 is 5.32 Å². The van der Waals surface area contributed by atoms with Gasteiger partial charge in [-0.05, 0) is 24.6 Å². The highest BCUT2D eigenvalue weighted by Gasteiger charge is 2.06. The van der Waals surface area contributed by atoms with Crippen LogP contribution in [-0.2, 0) is 4.79 Å². The molecule has 0 saturated carbocycles. The minimum absolute atomic E-state index is 0.0233. The van der Waals surface area contributed by atoms with E-state index in [4.69, 9.17) is 23.2 Å². The second-order valence-corrected chi connectivity index (χ2v) is 7.30. The molecule has 24 heavy (non-hydrogen) atoms. The molecule has 0 aromatic heterocycles. The van der Waals surface area contributed by atoms with Crippen LogP contribution in [0.25, 0.3) is 0 Å². The summed E-state index contributed by atoms with van der Waals surface area (Å²) in [7, 11) is 0. The molecule has 4 heteroatoms. The topological polar surface area (TPSA) is 29.1 Å². The van der Waals surface area contributed by atoms with E-state index < -0.39 is 0 Å². The molecule has 0 bridgehead atoms. The Hall–Kier alpha value is -0.730. The lowest BCUT2D eigenvalue weighted by Gasteiger charge is -2.07. The smallest absolute Gasteiger partial charge is 0.224 e. The monoisotopic (exact) mass is 371 g/mol. The average Bonchev–Trinajstić information content (AvgIpc) is 2.55. The molecule has 1 amide bonds. The highest BCUT2D eigenvalue weighted by atomic mass is 35.5. The van der Waals surface area contributed by atoms with E-state index in [1.165, 1.54) is 57.8 Å². The van der Waals surface area contributed by atoms with E-state index in [-0.39, 0.29) is 5.91 Å². The van der Waals surface area contributed by atoms with Gasteiger partial charge in [0.2, 0.25) is 5.91 Å². The minimum atomic E-state index is 0.0233. The lowest BCUT2D eigenvalue weighted by Crippen LogP contribution is -2.11. The molecule has 0 aliphatic carbocycles.